The van der Waals surface area contributed by atoms with Crippen molar-refractivity contribution >= 4 is 5.78 Å². The van der Waals surface area contributed by atoms with E-state index in [0.717, 1.165) is 6.42 Å². The van der Waals surface area contributed by atoms with Crippen molar-refractivity contribution in [1.82, 2.24) is 0 Å². The molecule has 0 saturated heterocycles. The topological polar surface area (TPSA) is 17.1 Å². The van der Waals surface area contributed by atoms with Crippen LogP contribution in [0.3, 0.4) is 0 Å². The van der Waals surface area contributed by atoms with Gasteiger partial charge in [0.15, 0.2) is 5.78 Å². The van der Waals surface area contributed by atoms with Gasteiger partial charge in [0, 0.05) is 6.42 Å². The van der Waals surface area contributed by atoms with Gasteiger partial charge < -0.3 is 0 Å². The minimum atomic E-state index is 0.285. The fraction of sp³-hybridized carbons (Fsp3) is 0.357. The van der Waals surface area contributed by atoms with Gasteiger partial charge in [-0.1, -0.05) is 30.3 Å². The Labute approximate surface area is 89.8 Å². The molecule has 0 heterocycles. The molecule has 76 valence electrons. The highest BCUT2D eigenvalue weighted by atomic mass is 16.1. The quantitative estimate of drug-likeness (QED) is 0.626. The third kappa shape index (κ3) is 1.43. The zero-order chi connectivity index (χ0) is 10.3. The summed E-state index contributed by atoms with van der Waals surface area (Å²) in [4.78, 5) is 11.4. The van der Waals surface area contributed by atoms with Crippen molar-refractivity contribution in [3.8, 4) is 0 Å². The molecule has 1 nitrogen and oxygen atoms in total. The van der Waals surface area contributed by atoms with E-state index in [1.807, 2.05) is 0 Å². The smallest absolute Gasteiger partial charge is 0.156 e. The van der Waals surface area contributed by atoms with Crippen molar-refractivity contribution < 1.29 is 4.79 Å². The maximum atomic E-state index is 11.4. The van der Waals surface area contributed by atoms with Crippen molar-refractivity contribution in [1.29, 1.82) is 0 Å². The Balaban J connectivity index is 2.06. The number of hydrogen-bond acceptors (Lipinski definition) is 1. The second kappa shape index (κ2) is 3.34. The van der Waals surface area contributed by atoms with Gasteiger partial charge in [0.05, 0.1) is 0 Å². The van der Waals surface area contributed by atoms with E-state index in [9.17, 15) is 4.79 Å². The van der Waals surface area contributed by atoms with Gasteiger partial charge in [-0.05, 0) is 41.9 Å². The van der Waals surface area contributed by atoms with E-state index in [1.54, 1.807) is 6.08 Å². The van der Waals surface area contributed by atoms with Crippen LogP contribution in [-0.2, 0) is 11.2 Å². The maximum absolute atomic E-state index is 11.4. The zero-order valence-electron chi connectivity index (χ0n) is 8.65. The van der Waals surface area contributed by atoms with Gasteiger partial charge in [-0.2, -0.15) is 0 Å². The first-order valence-corrected chi connectivity index (χ1v) is 5.63. The minimum absolute atomic E-state index is 0.285. The van der Waals surface area contributed by atoms with Crippen LogP contribution in [0.2, 0.25) is 0 Å². The third-order valence-electron chi connectivity index (χ3n) is 3.67. The van der Waals surface area contributed by atoms with E-state index >= 15 is 0 Å². The molecule has 0 spiro atoms. The second-order valence-corrected chi connectivity index (χ2v) is 4.54. The van der Waals surface area contributed by atoms with Crippen LogP contribution < -0.4 is 0 Å². The van der Waals surface area contributed by atoms with E-state index in [0.29, 0.717) is 18.3 Å². The second-order valence-electron chi connectivity index (χ2n) is 4.54. The molecule has 0 amide bonds. The fourth-order valence-corrected chi connectivity index (χ4v) is 2.88. The molecule has 2 atom stereocenters. The molecular weight excluding hydrogens is 184 g/mol. The number of fused-ring (bicyclic) bond motifs is 3. The number of carbonyl (C=O) groups excluding carboxylic acids is 1. The fourth-order valence-electron chi connectivity index (χ4n) is 2.88. The molecule has 2 aliphatic rings. The SMILES string of the molecule is O=C1C=C[C@@H]2CCc3ccccc3[C@H]2C1. The number of rotatable bonds is 0. The molecule has 0 N–H and O–H groups in total. The Morgan fingerprint density at radius 1 is 1.20 bits per heavy atom. The van der Waals surface area contributed by atoms with Crippen molar-refractivity contribution in [3.05, 3.63) is 47.5 Å². The van der Waals surface area contributed by atoms with Crippen LogP contribution >= 0.6 is 0 Å². The van der Waals surface area contributed by atoms with E-state index in [2.05, 4.69) is 30.3 Å². The molecule has 0 bridgehead atoms. The van der Waals surface area contributed by atoms with E-state index in [1.165, 1.54) is 17.5 Å². The first-order chi connectivity index (χ1) is 7.34. The lowest BCUT2D eigenvalue weighted by molar-refractivity contribution is -0.115. The predicted molar refractivity (Wildman–Crippen MR) is 59.8 cm³/mol. The number of ketones is 1. The molecule has 1 aromatic carbocycles. The van der Waals surface area contributed by atoms with Crippen LogP contribution in [-0.4, -0.2) is 5.78 Å². The Kier molecular flexibility index (Phi) is 1.98. The van der Waals surface area contributed by atoms with Crippen molar-refractivity contribution in [3.63, 3.8) is 0 Å². The third-order valence-corrected chi connectivity index (χ3v) is 3.67. The lowest BCUT2D eigenvalue weighted by Gasteiger charge is -2.33. The molecule has 0 radical (unpaired) electrons. The highest BCUT2D eigenvalue weighted by Gasteiger charge is 2.31. The summed E-state index contributed by atoms with van der Waals surface area (Å²) in [6.45, 7) is 0. The number of benzene rings is 1. The van der Waals surface area contributed by atoms with Crippen LogP contribution in [0.4, 0.5) is 0 Å². The van der Waals surface area contributed by atoms with Gasteiger partial charge >= 0.3 is 0 Å². The molecule has 15 heavy (non-hydrogen) atoms. The molecule has 0 unspecified atom stereocenters. The normalized spacial score (nSPS) is 28.4. The highest BCUT2D eigenvalue weighted by Crippen LogP contribution is 2.41. The molecule has 0 aliphatic heterocycles. The van der Waals surface area contributed by atoms with Crippen molar-refractivity contribution in [2.75, 3.05) is 0 Å². The molecule has 0 saturated carbocycles. The van der Waals surface area contributed by atoms with E-state index in [4.69, 9.17) is 0 Å². The predicted octanol–water partition coefficient (Wildman–Crippen LogP) is 2.86. The van der Waals surface area contributed by atoms with Gasteiger partial charge in [0.1, 0.15) is 0 Å². The number of carbonyl (C=O) groups is 1. The van der Waals surface area contributed by atoms with Crippen molar-refractivity contribution in [2.24, 2.45) is 5.92 Å². The molecule has 2 aliphatic carbocycles. The Morgan fingerprint density at radius 2 is 2.07 bits per heavy atom. The van der Waals surface area contributed by atoms with Crippen LogP contribution in [0.15, 0.2) is 36.4 Å². The summed E-state index contributed by atoms with van der Waals surface area (Å²) in [7, 11) is 0. The molecule has 3 rings (SSSR count). The largest absolute Gasteiger partial charge is 0.295 e. The molecule has 1 heteroatoms. The van der Waals surface area contributed by atoms with Gasteiger partial charge in [0.25, 0.3) is 0 Å². The number of aryl methyl sites for hydroxylation is 1. The van der Waals surface area contributed by atoms with Crippen LogP contribution in [0.25, 0.3) is 0 Å². The van der Waals surface area contributed by atoms with Crippen LogP contribution in [0, 0.1) is 5.92 Å². The number of hydrogen-bond donors (Lipinski definition) is 0. The van der Waals surface area contributed by atoms with Crippen LogP contribution in [0.5, 0.6) is 0 Å². The van der Waals surface area contributed by atoms with E-state index in [-0.39, 0.29) is 5.78 Å². The van der Waals surface area contributed by atoms with Gasteiger partial charge in [-0.25, -0.2) is 0 Å². The van der Waals surface area contributed by atoms with Gasteiger partial charge in [-0.15, -0.1) is 0 Å². The van der Waals surface area contributed by atoms with Crippen LogP contribution in [0.1, 0.15) is 29.9 Å². The van der Waals surface area contributed by atoms with E-state index < -0.39 is 0 Å². The summed E-state index contributed by atoms with van der Waals surface area (Å²) in [5.41, 5.74) is 2.85. The Morgan fingerprint density at radius 3 is 3.00 bits per heavy atom. The summed E-state index contributed by atoms with van der Waals surface area (Å²) in [5, 5.41) is 0. The molecular formula is C14H14O. The first-order valence-electron chi connectivity index (χ1n) is 5.63. The Bertz CT molecular complexity index is 431. The summed E-state index contributed by atoms with van der Waals surface area (Å²) in [6.07, 6.45) is 6.96. The standard InChI is InChI=1S/C14H14O/c15-12-8-7-11-6-5-10-3-1-2-4-13(10)14(11)9-12/h1-4,7-8,11,14H,5-6,9H2/t11-,14-/m0/s1. The lowest BCUT2D eigenvalue weighted by Crippen LogP contribution is -2.24. The molecule has 1 aromatic rings. The van der Waals surface area contributed by atoms with Crippen molar-refractivity contribution in [2.45, 2.75) is 25.2 Å². The van der Waals surface area contributed by atoms with Gasteiger partial charge in [0.2, 0.25) is 0 Å². The zero-order valence-corrected chi connectivity index (χ0v) is 8.65. The maximum Gasteiger partial charge on any atom is 0.156 e. The summed E-state index contributed by atoms with van der Waals surface area (Å²) >= 11 is 0. The summed E-state index contributed by atoms with van der Waals surface area (Å²) < 4.78 is 0. The monoisotopic (exact) mass is 198 g/mol. The van der Waals surface area contributed by atoms with Gasteiger partial charge in [-0.3, -0.25) is 4.79 Å². The average Bonchev–Trinajstić information content (AvgIpc) is 2.29. The first kappa shape index (κ1) is 8.90. The Hall–Kier alpha value is -1.37. The molecule has 0 fully saturated rings. The summed E-state index contributed by atoms with van der Waals surface area (Å²) in [5.74, 6) is 1.33. The summed E-state index contributed by atoms with van der Waals surface area (Å²) in [6, 6.07) is 8.58. The highest BCUT2D eigenvalue weighted by molar-refractivity contribution is 5.91. The molecule has 0 aromatic heterocycles. The number of allylic oxidation sites excluding steroid dienone is 2. The lowest BCUT2D eigenvalue weighted by atomic mass is 9.71. The average molecular weight is 198 g/mol. The minimum Gasteiger partial charge on any atom is -0.295 e.